The van der Waals surface area contributed by atoms with Crippen molar-refractivity contribution in [2.75, 3.05) is 12.4 Å². The Hall–Kier alpha value is -2.71. The van der Waals surface area contributed by atoms with Crippen LogP contribution in [0.1, 0.15) is 12.5 Å². The third-order valence-corrected chi connectivity index (χ3v) is 5.61. The zero-order valence-electron chi connectivity index (χ0n) is 15.4. The molecule has 1 heterocycles. The van der Waals surface area contributed by atoms with E-state index in [0.29, 0.717) is 22.1 Å². The molecule has 2 aromatic carbocycles. The number of hydrogen-bond acceptors (Lipinski definition) is 6. The lowest BCUT2D eigenvalue weighted by atomic mass is 10.2. The number of halogens is 1. The molecule has 0 saturated carbocycles. The number of nitrogens with zero attached hydrogens (tertiary/aromatic N) is 2. The van der Waals surface area contributed by atoms with Crippen LogP contribution in [0.2, 0.25) is 5.02 Å². The smallest absolute Gasteiger partial charge is 0.298 e. The predicted molar refractivity (Wildman–Crippen MR) is 104 cm³/mol. The van der Waals surface area contributed by atoms with Crippen LogP contribution in [0, 0.1) is 6.92 Å². The summed E-state index contributed by atoms with van der Waals surface area (Å²) in [5, 5.41) is 18.9. The number of amides is 1. The van der Waals surface area contributed by atoms with E-state index in [1.54, 1.807) is 56.5 Å². The number of ether oxygens (including phenoxy) is 1. The van der Waals surface area contributed by atoms with E-state index < -0.39 is 11.2 Å². The SMILES string of the molecule is COc1ccc(-[n+]2noc([O-])c2SC(C)C(=O)Nc2cccc(Cl)c2C)cc1. The van der Waals surface area contributed by atoms with Crippen LogP contribution in [0.25, 0.3) is 5.69 Å². The third-order valence-electron chi connectivity index (χ3n) is 4.07. The van der Waals surface area contributed by atoms with E-state index in [0.717, 1.165) is 17.3 Å². The Labute approximate surface area is 171 Å². The molecule has 0 aliphatic heterocycles. The summed E-state index contributed by atoms with van der Waals surface area (Å²) in [5.41, 5.74) is 2.02. The third kappa shape index (κ3) is 4.23. The molecule has 0 fully saturated rings. The molecule has 1 amide bonds. The second-order valence-corrected chi connectivity index (χ2v) is 7.67. The first-order chi connectivity index (χ1) is 13.4. The van der Waals surface area contributed by atoms with Crippen LogP contribution < -0.4 is 19.8 Å². The van der Waals surface area contributed by atoms with Crippen molar-refractivity contribution in [3.05, 3.63) is 53.1 Å². The summed E-state index contributed by atoms with van der Waals surface area (Å²) in [5.74, 6) is -0.203. The van der Waals surface area contributed by atoms with Crippen molar-refractivity contribution >= 4 is 35.0 Å². The van der Waals surface area contributed by atoms with Crippen molar-refractivity contribution in [2.45, 2.75) is 24.1 Å². The number of carbonyl (C=O) groups is 1. The lowest BCUT2D eigenvalue weighted by molar-refractivity contribution is -0.705. The molecule has 0 aliphatic rings. The van der Waals surface area contributed by atoms with Gasteiger partial charge in [0.2, 0.25) is 11.6 Å². The zero-order valence-corrected chi connectivity index (χ0v) is 17.0. The van der Waals surface area contributed by atoms with E-state index in [9.17, 15) is 9.90 Å². The summed E-state index contributed by atoms with van der Waals surface area (Å²) in [6, 6.07) is 12.3. The molecule has 3 aromatic rings. The van der Waals surface area contributed by atoms with Crippen molar-refractivity contribution in [2.24, 2.45) is 0 Å². The second-order valence-electron chi connectivity index (χ2n) is 5.94. The largest absolute Gasteiger partial charge is 0.538 e. The van der Waals surface area contributed by atoms with Gasteiger partial charge in [-0.3, -0.25) is 4.79 Å². The summed E-state index contributed by atoms with van der Waals surface area (Å²) in [7, 11) is 1.57. The van der Waals surface area contributed by atoms with Crippen molar-refractivity contribution in [1.29, 1.82) is 0 Å². The highest BCUT2D eigenvalue weighted by Crippen LogP contribution is 2.29. The highest BCUT2D eigenvalue weighted by molar-refractivity contribution is 8.00. The number of benzene rings is 2. The van der Waals surface area contributed by atoms with Crippen molar-refractivity contribution < 1.29 is 23.8 Å². The fourth-order valence-corrected chi connectivity index (χ4v) is 3.47. The maximum absolute atomic E-state index is 12.6. The summed E-state index contributed by atoms with van der Waals surface area (Å²) in [4.78, 5) is 12.6. The van der Waals surface area contributed by atoms with Gasteiger partial charge in [0.15, 0.2) is 5.95 Å². The molecule has 146 valence electrons. The number of nitrogens with one attached hydrogen (secondary N) is 1. The number of carbonyl (C=O) groups excluding carboxylic acids is 1. The van der Waals surface area contributed by atoms with Crippen LogP contribution in [-0.4, -0.2) is 23.5 Å². The van der Waals surface area contributed by atoms with Gasteiger partial charge in [0.05, 0.1) is 17.6 Å². The molecule has 3 rings (SSSR count). The van der Waals surface area contributed by atoms with Crippen LogP contribution in [0.15, 0.2) is 52.0 Å². The monoisotopic (exact) mass is 419 g/mol. The molecule has 28 heavy (non-hydrogen) atoms. The minimum Gasteiger partial charge on any atom is -0.538 e. The van der Waals surface area contributed by atoms with Gasteiger partial charge in [-0.25, -0.2) is 0 Å². The average molecular weight is 420 g/mol. The number of thioether (sulfide) groups is 1. The van der Waals surface area contributed by atoms with E-state index in [4.69, 9.17) is 20.9 Å². The van der Waals surface area contributed by atoms with Gasteiger partial charge in [0.1, 0.15) is 5.75 Å². The molecule has 0 bridgehead atoms. The topological polar surface area (TPSA) is 91.3 Å². The first-order valence-corrected chi connectivity index (χ1v) is 9.62. The molecular formula is C19H18ClN3O4S. The van der Waals surface area contributed by atoms with Crippen molar-refractivity contribution in [3.8, 4) is 17.4 Å². The summed E-state index contributed by atoms with van der Waals surface area (Å²) in [6.45, 7) is 3.52. The number of aromatic nitrogens is 2. The highest BCUT2D eigenvalue weighted by atomic mass is 35.5. The average Bonchev–Trinajstić information content (AvgIpc) is 3.05. The van der Waals surface area contributed by atoms with Gasteiger partial charge >= 0.3 is 0 Å². The molecule has 1 unspecified atom stereocenters. The molecule has 0 aliphatic carbocycles. The Morgan fingerprint density at radius 1 is 1.32 bits per heavy atom. The van der Waals surface area contributed by atoms with Gasteiger partial charge in [-0.2, -0.15) is 0 Å². The maximum atomic E-state index is 12.6. The Morgan fingerprint density at radius 2 is 2.04 bits per heavy atom. The Balaban J connectivity index is 1.78. The molecule has 0 radical (unpaired) electrons. The van der Waals surface area contributed by atoms with Gasteiger partial charge in [-0.1, -0.05) is 17.7 Å². The second kappa shape index (κ2) is 8.53. The Bertz CT molecular complexity index is 991. The van der Waals surface area contributed by atoms with Crippen molar-refractivity contribution in [3.63, 3.8) is 0 Å². The minimum atomic E-state index is -0.612. The van der Waals surface area contributed by atoms with Crippen LogP contribution in [0.4, 0.5) is 5.69 Å². The quantitative estimate of drug-likeness (QED) is 0.487. The van der Waals surface area contributed by atoms with E-state index in [1.165, 1.54) is 4.68 Å². The summed E-state index contributed by atoms with van der Waals surface area (Å²) < 4.78 is 11.3. The first kappa shape index (κ1) is 20.0. The van der Waals surface area contributed by atoms with Gasteiger partial charge in [0.25, 0.3) is 5.03 Å². The molecule has 1 aromatic heterocycles. The molecule has 0 saturated heterocycles. The van der Waals surface area contributed by atoms with E-state index >= 15 is 0 Å². The maximum Gasteiger partial charge on any atom is 0.298 e. The number of hydrogen-bond donors (Lipinski definition) is 1. The molecule has 9 heteroatoms. The molecule has 7 nitrogen and oxygen atoms in total. The van der Waals surface area contributed by atoms with Gasteiger partial charge in [-0.15, -0.1) is 0 Å². The fourth-order valence-electron chi connectivity index (χ4n) is 2.42. The Morgan fingerprint density at radius 3 is 2.71 bits per heavy atom. The van der Waals surface area contributed by atoms with Gasteiger partial charge < -0.3 is 19.7 Å². The van der Waals surface area contributed by atoms with Gasteiger partial charge in [0, 0.05) is 22.8 Å². The highest BCUT2D eigenvalue weighted by Gasteiger charge is 2.27. The molecule has 1 N–H and O–H groups in total. The predicted octanol–water partition coefficient (Wildman–Crippen LogP) is 3.11. The lowest BCUT2D eigenvalue weighted by Crippen LogP contribution is -2.36. The molecular weight excluding hydrogens is 402 g/mol. The van der Waals surface area contributed by atoms with E-state index in [2.05, 4.69) is 10.6 Å². The molecule has 0 spiro atoms. The van der Waals surface area contributed by atoms with Crippen LogP contribution in [-0.2, 0) is 4.79 Å². The molecule has 1 atom stereocenters. The van der Waals surface area contributed by atoms with Crippen LogP contribution >= 0.6 is 23.4 Å². The normalized spacial score (nSPS) is 11.9. The zero-order chi connectivity index (χ0) is 20.3. The fraction of sp³-hybridized carbons (Fsp3) is 0.211. The van der Waals surface area contributed by atoms with E-state index in [1.807, 2.05) is 6.92 Å². The van der Waals surface area contributed by atoms with Crippen molar-refractivity contribution in [1.82, 2.24) is 5.27 Å². The number of rotatable bonds is 6. The summed E-state index contributed by atoms with van der Waals surface area (Å²) >= 11 is 7.16. The minimum absolute atomic E-state index is 0.204. The number of anilines is 1. The van der Waals surface area contributed by atoms with Crippen LogP contribution in [0.5, 0.6) is 11.7 Å². The summed E-state index contributed by atoms with van der Waals surface area (Å²) in [6.07, 6.45) is 0. The standard InChI is InChI=1S/C19H18ClN3O4S/c1-11-15(20)5-4-6-16(11)21-17(24)12(2)28-18-19(25)27-22-23(18)13-7-9-14(26-3)10-8-13/h4-10,12H,1-3H3,(H-,21,22,24,25). The van der Waals surface area contributed by atoms with Crippen LogP contribution in [0.3, 0.4) is 0 Å². The Kier molecular flexibility index (Phi) is 6.11. The van der Waals surface area contributed by atoms with Gasteiger partial charge in [-0.05, 0) is 60.1 Å². The van der Waals surface area contributed by atoms with E-state index in [-0.39, 0.29) is 10.9 Å². The lowest BCUT2D eigenvalue weighted by Gasteiger charge is -2.13. The first-order valence-electron chi connectivity index (χ1n) is 8.36. The number of methoxy groups -OCH3 is 1.